The first-order valence-electron chi connectivity index (χ1n) is 12.3. The predicted octanol–water partition coefficient (Wildman–Crippen LogP) is 1.60. The summed E-state index contributed by atoms with van der Waals surface area (Å²) in [5, 5.41) is 17.2. The molecule has 0 atom stereocenters. The smallest absolute Gasteiger partial charge is 0.407 e. The molecule has 1 aliphatic rings. The molecule has 11 nitrogen and oxygen atoms in total. The molecule has 0 spiro atoms. The van der Waals surface area contributed by atoms with Crippen LogP contribution in [0.25, 0.3) is 0 Å². The van der Waals surface area contributed by atoms with E-state index < -0.39 is 12.1 Å². The zero-order valence-corrected chi connectivity index (χ0v) is 20.5. The molecular formula is C25H37N3O8. The van der Waals surface area contributed by atoms with Crippen LogP contribution in [-0.2, 0) is 35.2 Å². The molecule has 3 amide bonds. The molecule has 1 aromatic rings. The van der Waals surface area contributed by atoms with Gasteiger partial charge in [-0.2, -0.15) is 0 Å². The van der Waals surface area contributed by atoms with Crippen LogP contribution in [-0.4, -0.2) is 74.5 Å². The average Bonchev–Trinajstić information content (AvgIpc) is 2.87. The van der Waals surface area contributed by atoms with E-state index in [-0.39, 0.29) is 56.4 Å². The molecule has 36 heavy (non-hydrogen) atoms. The normalized spacial score (nSPS) is 17.1. The number of rotatable bonds is 16. The topological polar surface area (TPSA) is 152 Å². The minimum absolute atomic E-state index is 0.0379. The van der Waals surface area contributed by atoms with Gasteiger partial charge in [-0.25, -0.2) is 4.79 Å². The van der Waals surface area contributed by atoms with Gasteiger partial charge < -0.3 is 35.3 Å². The van der Waals surface area contributed by atoms with Gasteiger partial charge in [0.25, 0.3) is 0 Å². The van der Waals surface area contributed by atoms with E-state index >= 15 is 0 Å². The molecule has 4 N–H and O–H groups in total. The molecular weight excluding hydrogens is 470 g/mol. The summed E-state index contributed by atoms with van der Waals surface area (Å²) >= 11 is 0. The summed E-state index contributed by atoms with van der Waals surface area (Å²) < 4.78 is 15.8. The second-order valence-corrected chi connectivity index (χ2v) is 8.52. The van der Waals surface area contributed by atoms with E-state index in [1.807, 2.05) is 30.3 Å². The Morgan fingerprint density at radius 3 is 2.19 bits per heavy atom. The summed E-state index contributed by atoms with van der Waals surface area (Å²) in [4.78, 5) is 46.3. The van der Waals surface area contributed by atoms with Gasteiger partial charge in [-0.3, -0.25) is 14.4 Å². The van der Waals surface area contributed by atoms with Crippen molar-refractivity contribution in [3.63, 3.8) is 0 Å². The molecule has 1 saturated carbocycles. The van der Waals surface area contributed by atoms with E-state index in [0.29, 0.717) is 52.0 Å². The van der Waals surface area contributed by atoms with Crippen molar-refractivity contribution in [1.82, 2.24) is 16.0 Å². The van der Waals surface area contributed by atoms with Crippen LogP contribution < -0.4 is 16.0 Å². The van der Waals surface area contributed by atoms with Gasteiger partial charge in [-0.1, -0.05) is 30.3 Å². The maximum Gasteiger partial charge on any atom is 0.407 e. The maximum absolute atomic E-state index is 12.0. The highest BCUT2D eigenvalue weighted by molar-refractivity contribution is 5.77. The molecule has 0 saturated heterocycles. The average molecular weight is 508 g/mol. The van der Waals surface area contributed by atoms with Gasteiger partial charge in [0.1, 0.15) is 6.61 Å². The number of ether oxygens (including phenoxy) is 3. The Labute approximate surface area is 211 Å². The lowest BCUT2D eigenvalue weighted by molar-refractivity contribution is -0.142. The molecule has 0 unspecified atom stereocenters. The number of benzene rings is 1. The second-order valence-electron chi connectivity index (χ2n) is 8.52. The first-order chi connectivity index (χ1) is 17.4. The zero-order chi connectivity index (χ0) is 26.0. The quantitative estimate of drug-likeness (QED) is 0.246. The van der Waals surface area contributed by atoms with Crippen molar-refractivity contribution in [2.75, 3.05) is 39.5 Å². The van der Waals surface area contributed by atoms with Crippen LogP contribution in [0.3, 0.4) is 0 Å². The van der Waals surface area contributed by atoms with Gasteiger partial charge in [-0.15, -0.1) is 0 Å². The van der Waals surface area contributed by atoms with Crippen LogP contribution in [0, 0.1) is 5.92 Å². The fourth-order valence-corrected chi connectivity index (χ4v) is 3.67. The second kappa shape index (κ2) is 17.3. The summed E-state index contributed by atoms with van der Waals surface area (Å²) in [6.07, 6.45) is 2.35. The predicted molar refractivity (Wildman–Crippen MR) is 130 cm³/mol. The third-order valence-electron chi connectivity index (χ3n) is 5.69. The van der Waals surface area contributed by atoms with Crippen molar-refractivity contribution in [2.45, 2.75) is 51.2 Å². The molecule has 1 aromatic carbocycles. The van der Waals surface area contributed by atoms with Crippen molar-refractivity contribution >= 4 is 23.9 Å². The van der Waals surface area contributed by atoms with Gasteiger partial charge >= 0.3 is 12.1 Å². The van der Waals surface area contributed by atoms with E-state index in [1.165, 1.54) is 0 Å². The van der Waals surface area contributed by atoms with E-state index in [2.05, 4.69) is 16.0 Å². The van der Waals surface area contributed by atoms with Crippen molar-refractivity contribution in [3.8, 4) is 0 Å². The molecule has 1 aliphatic carbocycles. The van der Waals surface area contributed by atoms with Gasteiger partial charge in [0.05, 0.1) is 32.3 Å². The standard InChI is InChI=1S/C25H37N3O8/c29-22(10-12-27-25(33)36-18-19-4-2-1-3-5-19)26-13-15-35-17-16-34-14-11-23(30)28-21-8-6-20(7-9-21)24(31)32/h1-5,20-21H,6-18H2,(H,26,29)(H,27,33)(H,28,30)(H,31,32)/t20-,21+. The Kier molecular flexibility index (Phi) is 13.9. The monoisotopic (exact) mass is 507 g/mol. The highest BCUT2D eigenvalue weighted by Crippen LogP contribution is 2.24. The lowest BCUT2D eigenvalue weighted by Gasteiger charge is -2.26. The number of hydrogen-bond acceptors (Lipinski definition) is 7. The highest BCUT2D eigenvalue weighted by atomic mass is 16.5. The number of carbonyl (C=O) groups is 4. The molecule has 0 bridgehead atoms. The minimum atomic E-state index is -0.760. The number of amides is 3. The van der Waals surface area contributed by atoms with Crippen LogP contribution in [0.2, 0.25) is 0 Å². The summed E-state index contributed by atoms with van der Waals surface area (Å²) in [5.74, 6) is -1.37. The van der Waals surface area contributed by atoms with Crippen molar-refractivity contribution < 1.29 is 38.5 Å². The Morgan fingerprint density at radius 2 is 1.50 bits per heavy atom. The lowest BCUT2D eigenvalue weighted by Crippen LogP contribution is -2.39. The Morgan fingerprint density at radius 1 is 0.806 bits per heavy atom. The van der Waals surface area contributed by atoms with Crippen molar-refractivity contribution in [2.24, 2.45) is 5.92 Å². The third-order valence-corrected chi connectivity index (χ3v) is 5.69. The molecule has 200 valence electrons. The van der Waals surface area contributed by atoms with Crippen LogP contribution in [0.5, 0.6) is 0 Å². The molecule has 1 fully saturated rings. The van der Waals surface area contributed by atoms with Gasteiger partial charge in [-0.05, 0) is 31.2 Å². The van der Waals surface area contributed by atoms with Crippen LogP contribution >= 0.6 is 0 Å². The molecule has 0 aromatic heterocycles. The van der Waals surface area contributed by atoms with Gasteiger partial charge in [0.2, 0.25) is 11.8 Å². The Hall–Kier alpha value is -3.18. The van der Waals surface area contributed by atoms with E-state index in [1.54, 1.807) is 0 Å². The highest BCUT2D eigenvalue weighted by Gasteiger charge is 2.26. The summed E-state index contributed by atoms with van der Waals surface area (Å²) in [7, 11) is 0. The third kappa shape index (κ3) is 13.1. The molecule has 0 heterocycles. The zero-order valence-electron chi connectivity index (χ0n) is 20.5. The van der Waals surface area contributed by atoms with Crippen LogP contribution in [0.15, 0.2) is 30.3 Å². The molecule has 0 aliphatic heterocycles. The van der Waals surface area contributed by atoms with E-state index in [4.69, 9.17) is 19.3 Å². The van der Waals surface area contributed by atoms with Crippen molar-refractivity contribution in [3.05, 3.63) is 35.9 Å². The van der Waals surface area contributed by atoms with E-state index in [9.17, 15) is 19.2 Å². The first kappa shape index (κ1) is 29.1. The number of carbonyl (C=O) groups excluding carboxylic acids is 3. The Bertz CT molecular complexity index is 813. The minimum Gasteiger partial charge on any atom is -0.481 e. The Balaban J connectivity index is 1.35. The SMILES string of the molecule is O=C(CCNC(=O)OCc1ccccc1)NCCOCCOCCC(=O)N[C@H]1CC[C@@H](C(=O)O)CC1. The fraction of sp³-hybridized carbons (Fsp3) is 0.600. The molecule has 0 radical (unpaired) electrons. The van der Waals surface area contributed by atoms with Crippen molar-refractivity contribution in [1.29, 1.82) is 0 Å². The number of hydrogen-bond donors (Lipinski definition) is 4. The van der Waals surface area contributed by atoms with Crippen LogP contribution in [0.4, 0.5) is 4.79 Å². The molecule has 2 rings (SSSR count). The van der Waals surface area contributed by atoms with Gasteiger partial charge in [0, 0.05) is 32.0 Å². The summed E-state index contributed by atoms with van der Waals surface area (Å²) in [6.45, 7) is 1.95. The van der Waals surface area contributed by atoms with E-state index in [0.717, 1.165) is 5.56 Å². The molecule has 11 heteroatoms. The number of aliphatic carboxylic acids is 1. The van der Waals surface area contributed by atoms with Crippen LogP contribution in [0.1, 0.15) is 44.1 Å². The van der Waals surface area contributed by atoms with Gasteiger partial charge in [0.15, 0.2) is 0 Å². The maximum atomic E-state index is 12.0. The summed E-state index contributed by atoms with van der Waals surface area (Å²) in [5.41, 5.74) is 0.884. The lowest BCUT2D eigenvalue weighted by atomic mass is 9.86. The largest absolute Gasteiger partial charge is 0.481 e. The number of carboxylic acids is 1. The summed E-state index contributed by atoms with van der Waals surface area (Å²) in [6, 6.07) is 9.35. The fourth-order valence-electron chi connectivity index (χ4n) is 3.67. The first-order valence-corrected chi connectivity index (χ1v) is 12.3. The number of alkyl carbamates (subject to hydrolysis) is 1. The number of carboxylic acid groups (broad SMARTS) is 1. The number of nitrogens with one attached hydrogen (secondary N) is 3.